The molecule has 0 radical (unpaired) electrons. The molecular formula is C13H21FN2O2. The zero-order chi connectivity index (χ0) is 13.5. The molecule has 1 aromatic carbocycles. The SMILES string of the molecule is CCC(CCO)CNc1cc(OC)c(F)cc1N. The second kappa shape index (κ2) is 7.06. The van der Waals surface area contributed by atoms with Gasteiger partial charge in [0.25, 0.3) is 0 Å². The Morgan fingerprint density at radius 2 is 2.22 bits per heavy atom. The highest BCUT2D eigenvalue weighted by Crippen LogP contribution is 2.28. The average Bonchev–Trinajstić information content (AvgIpc) is 2.36. The molecule has 0 heterocycles. The lowest BCUT2D eigenvalue weighted by Crippen LogP contribution is -2.16. The number of rotatable bonds is 7. The summed E-state index contributed by atoms with van der Waals surface area (Å²) in [6, 6.07) is 2.80. The number of hydrogen-bond donors (Lipinski definition) is 3. The van der Waals surface area contributed by atoms with Crippen molar-refractivity contribution in [1.29, 1.82) is 0 Å². The van der Waals surface area contributed by atoms with Gasteiger partial charge in [0.05, 0.1) is 18.5 Å². The first-order valence-corrected chi connectivity index (χ1v) is 6.10. The van der Waals surface area contributed by atoms with Crippen LogP contribution in [-0.2, 0) is 0 Å². The summed E-state index contributed by atoms with van der Waals surface area (Å²) in [5.41, 5.74) is 6.75. The summed E-state index contributed by atoms with van der Waals surface area (Å²) >= 11 is 0. The highest BCUT2D eigenvalue weighted by atomic mass is 19.1. The third kappa shape index (κ3) is 3.77. The van der Waals surface area contributed by atoms with Gasteiger partial charge >= 0.3 is 0 Å². The Morgan fingerprint density at radius 1 is 1.50 bits per heavy atom. The van der Waals surface area contributed by atoms with Gasteiger partial charge in [-0.2, -0.15) is 0 Å². The Morgan fingerprint density at radius 3 is 2.78 bits per heavy atom. The largest absolute Gasteiger partial charge is 0.494 e. The van der Waals surface area contributed by atoms with Crippen molar-refractivity contribution in [2.75, 3.05) is 31.3 Å². The first-order valence-electron chi connectivity index (χ1n) is 6.10. The summed E-state index contributed by atoms with van der Waals surface area (Å²) in [4.78, 5) is 0. The molecule has 0 saturated carbocycles. The Balaban J connectivity index is 2.72. The summed E-state index contributed by atoms with van der Waals surface area (Å²) in [5.74, 6) is 0.0651. The van der Waals surface area contributed by atoms with Crippen LogP contribution in [0.5, 0.6) is 5.75 Å². The van der Waals surface area contributed by atoms with E-state index in [2.05, 4.69) is 12.2 Å². The van der Waals surface area contributed by atoms with Crippen molar-refractivity contribution in [3.8, 4) is 5.75 Å². The Bertz CT molecular complexity index is 385. The minimum absolute atomic E-state index is 0.168. The number of nitrogens with two attached hydrogens (primary N) is 1. The molecule has 0 fully saturated rings. The second-order valence-corrected chi connectivity index (χ2v) is 4.24. The van der Waals surface area contributed by atoms with Crippen molar-refractivity contribution in [2.45, 2.75) is 19.8 Å². The van der Waals surface area contributed by atoms with E-state index in [0.717, 1.165) is 12.8 Å². The summed E-state index contributed by atoms with van der Waals surface area (Å²) in [5, 5.41) is 12.1. The van der Waals surface area contributed by atoms with Gasteiger partial charge in [0.2, 0.25) is 0 Å². The van der Waals surface area contributed by atoms with Crippen LogP contribution in [0, 0.1) is 11.7 Å². The van der Waals surface area contributed by atoms with Gasteiger partial charge in [-0.3, -0.25) is 0 Å². The number of ether oxygens (including phenoxy) is 1. The molecule has 102 valence electrons. The lowest BCUT2D eigenvalue weighted by molar-refractivity contribution is 0.258. The highest BCUT2D eigenvalue weighted by Gasteiger charge is 2.10. The maximum atomic E-state index is 13.4. The van der Waals surface area contributed by atoms with E-state index in [1.165, 1.54) is 13.2 Å². The predicted octanol–water partition coefficient (Wildman–Crippen LogP) is 2.24. The van der Waals surface area contributed by atoms with E-state index < -0.39 is 5.82 Å². The molecule has 1 aromatic rings. The van der Waals surface area contributed by atoms with E-state index in [-0.39, 0.29) is 12.4 Å². The van der Waals surface area contributed by atoms with E-state index >= 15 is 0 Å². The van der Waals surface area contributed by atoms with Crippen molar-refractivity contribution >= 4 is 11.4 Å². The number of nitrogen functional groups attached to an aromatic ring is 1. The molecule has 0 aliphatic carbocycles. The fraction of sp³-hybridized carbons (Fsp3) is 0.538. The van der Waals surface area contributed by atoms with Gasteiger partial charge in [-0.15, -0.1) is 0 Å². The molecule has 5 heteroatoms. The van der Waals surface area contributed by atoms with E-state index in [4.69, 9.17) is 15.6 Å². The van der Waals surface area contributed by atoms with Crippen LogP contribution in [0.25, 0.3) is 0 Å². The standard InChI is InChI=1S/C13H21FN2O2/c1-3-9(4-5-17)8-16-12-7-13(18-2)10(14)6-11(12)15/h6-7,9,16-17H,3-5,8,15H2,1-2H3. The highest BCUT2D eigenvalue weighted by molar-refractivity contribution is 5.68. The molecule has 0 aromatic heterocycles. The van der Waals surface area contributed by atoms with Crippen molar-refractivity contribution in [1.82, 2.24) is 0 Å². The van der Waals surface area contributed by atoms with Crippen LogP contribution in [-0.4, -0.2) is 25.4 Å². The Hall–Kier alpha value is -1.49. The van der Waals surface area contributed by atoms with E-state index in [1.54, 1.807) is 6.07 Å². The molecule has 0 aliphatic rings. The molecule has 0 spiro atoms. The summed E-state index contributed by atoms with van der Waals surface area (Å²) < 4.78 is 18.3. The minimum atomic E-state index is -0.469. The van der Waals surface area contributed by atoms with Crippen LogP contribution in [0.15, 0.2) is 12.1 Å². The van der Waals surface area contributed by atoms with Crippen LogP contribution in [0.2, 0.25) is 0 Å². The van der Waals surface area contributed by atoms with Gasteiger partial charge in [-0.25, -0.2) is 4.39 Å². The van der Waals surface area contributed by atoms with Crippen LogP contribution >= 0.6 is 0 Å². The number of benzene rings is 1. The molecule has 18 heavy (non-hydrogen) atoms. The monoisotopic (exact) mass is 256 g/mol. The first kappa shape index (κ1) is 14.6. The van der Waals surface area contributed by atoms with Crippen LogP contribution < -0.4 is 15.8 Å². The molecule has 1 atom stereocenters. The lowest BCUT2D eigenvalue weighted by atomic mass is 10.0. The summed E-state index contributed by atoms with van der Waals surface area (Å²) in [6.45, 7) is 2.93. The first-order chi connectivity index (χ1) is 8.62. The van der Waals surface area contributed by atoms with Gasteiger partial charge in [-0.05, 0) is 12.3 Å². The second-order valence-electron chi connectivity index (χ2n) is 4.24. The van der Waals surface area contributed by atoms with E-state index in [9.17, 15) is 4.39 Å². The third-order valence-electron chi connectivity index (χ3n) is 3.02. The predicted molar refractivity (Wildman–Crippen MR) is 71.3 cm³/mol. The van der Waals surface area contributed by atoms with Crippen molar-refractivity contribution in [2.24, 2.45) is 5.92 Å². The fourth-order valence-electron chi connectivity index (χ4n) is 1.77. The number of nitrogens with one attached hydrogen (secondary N) is 1. The Kier molecular flexibility index (Phi) is 5.71. The zero-order valence-electron chi connectivity index (χ0n) is 10.9. The van der Waals surface area contributed by atoms with Gasteiger partial charge in [0.15, 0.2) is 11.6 Å². The summed E-state index contributed by atoms with van der Waals surface area (Å²) in [6.07, 6.45) is 1.70. The maximum Gasteiger partial charge on any atom is 0.167 e. The molecule has 1 unspecified atom stereocenters. The maximum absolute atomic E-state index is 13.4. The molecule has 0 saturated heterocycles. The number of halogens is 1. The smallest absolute Gasteiger partial charge is 0.167 e. The van der Waals surface area contributed by atoms with Gasteiger partial charge in [-0.1, -0.05) is 13.3 Å². The fourth-order valence-corrected chi connectivity index (χ4v) is 1.77. The average molecular weight is 256 g/mol. The van der Waals surface area contributed by atoms with Crippen molar-refractivity contribution in [3.63, 3.8) is 0 Å². The number of hydrogen-bond acceptors (Lipinski definition) is 4. The summed E-state index contributed by atoms with van der Waals surface area (Å²) in [7, 11) is 1.42. The van der Waals surface area contributed by atoms with Crippen LogP contribution in [0.4, 0.5) is 15.8 Å². The van der Waals surface area contributed by atoms with E-state index in [0.29, 0.717) is 23.8 Å². The lowest BCUT2D eigenvalue weighted by Gasteiger charge is -2.17. The molecule has 0 aliphatic heterocycles. The minimum Gasteiger partial charge on any atom is -0.494 e. The quantitative estimate of drug-likeness (QED) is 0.654. The van der Waals surface area contributed by atoms with Crippen molar-refractivity contribution in [3.05, 3.63) is 17.9 Å². The number of aliphatic hydroxyl groups excluding tert-OH is 1. The van der Waals surface area contributed by atoms with E-state index in [1.807, 2.05) is 0 Å². The van der Waals surface area contributed by atoms with Crippen LogP contribution in [0.1, 0.15) is 19.8 Å². The number of aliphatic hydroxyl groups is 1. The molecular weight excluding hydrogens is 235 g/mol. The van der Waals surface area contributed by atoms with Gasteiger partial charge < -0.3 is 20.9 Å². The molecule has 4 N–H and O–H groups in total. The van der Waals surface area contributed by atoms with Gasteiger partial charge in [0.1, 0.15) is 0 Å². The Labute approximate surface area is 107 Å². The topological polar surface area (TPSA) is 67.5 Å². The normalized spacial score (nSPS) is 12.2. The molecule has 4 nitrogen and oxygen atoms in total. The van der Waals surface area contributed by atoms with Crippen molar-refractivity contribution < 1.29 is 14.2 Å². The molecule has 1 rings (SSSR count). The molecule has 0 bridgehead atoms. The third-order valence-corrected chi connectivity index (χ3v) is 3.02. The number of methoxy groups -OCH3 is 1. The molecule has 0 amide bonds. The zero-order valence-corrected chi connectivity index (χ0v) is 10.9. The number of anilines is 2. The van der Waals surface area contributed by atoms with Gasteiger partial charge in [0, 0.05) is 25.3 Å². The van der Waals surface area contributed by atoms with Crippen LogP contribution in [0.3, 0.4) is 0 Å².